The molecule has 0 saturated carbocycles. The highest BCUT2D eigenvalue weighted by molar-refractivity contribution is 6.31. The molecule has 1 aliphatic heterocycles. The zero-order valence-corrected chi connectivity index (χ0v) is 10.6. The van der Waals surface area contributed by atoms with Gasteiger partial charge in [-0.2, -0.15) is 0 Å². The molecule has 2 aromatic rings. The van der Waals surface area contributed by atoms with E-state index in [2.05, 4.69) is 10.5 Å². The van der Waals surface area contributed by atoms with Crippen molar-refractivity contribution in [3.63, 3.8) is 0 Å². The number of hydrogen-bond acceptors (Lipinski definition) is 4. The zero-order valence-electron chi connectivity index (χ0n) is 9.06. The molecule has 0 amide bonds. The van der Waals surface area contributed by atoms with Gasteiger partial charge in [-0.1, -0.05) is 35.3 Å². The minimum absolute atomic E-state index is 0.472. The Balaban J connectivity index is 2.16. The van der Waals surface area contributed by atoms with Crippen molar-refractivity contribution in [2.24, 2.45) is 4.99 Å². The summed E-state index contributed by atoms with van der Waals surface area (Å²) < 4.78 is 5.42. The van der Waals surface area contributed by atoms with Crippen LogP contribution in [0.3, 0.4) is 0 Å². The Hall–Kier alpha value is -1.49. The highest BCUT2D eigenvalue weighted by atomic mass is 35.5. The number of halogens is 2. The third kappa shape index (κ3) is 1.70. The molecule has 0 saturated heterocycles. The molecule has 1 aromatic heterocycles. The lowest BCUT2D eigenvalue weighted by atomic mass is 9.98. The monoisotopic (exact) mass is 282 g/mol. The third-order valence-electron chi connectivity index (χ3n) is 2.71. The van der Waals surface area contributed by atoms with E-state index in [1.807, 2.05) is 12.1 Å². The molecular formula is C12H8Cl2N2O2. The number of furan rings is 1. The van der Waals surface area contributed by atoms with E-state index in [0.717, 1.165) is 5.56 Å². The number of nitrogens with one attached hydrogen (secondary N) is 1. The van der Waals surface area contributed by atoms with Crippen LogP contribution in [0.15, 0.2) is 46.0 Å². The lowest BCUT2D eigenvalue weighted by Gasteiger charge is -2.23. The van der Waals surface area contributed by atoms with Crippen LogP contribution in [-0.2, 0) is 10.5 Å². The predicted octanol–water partition coefficient (Wildman–Crippen LogP) is 3.35. The first-order chi connectivity index (χ1) is 8.72. The number of aliphatic imine (C=N–C) groups is 1. The number of hydroxylamine groups is 1. The van der Waals surface area contributed by atoms with Gasteiger partial charge in [-0.15, -0.1) is 5.48 Å². The van der Waals surface area contributed by atoms with Gasteiger partial charge in [0.1, 0.15) is 0 Å². The summed E-state index contributed by atoms with van der Waals surface area (Å²) >= 11 is 12.0. The van der Waals surface area contributed by atoms with Gasteiger partial charge in [0.05, 0.1) is 11.3 Å². The normalized spacial score (nSPS) is 22.1. The molecule has 0 radical (unpaired) electrons. The smallest absolute Gasteiger partial charge is 0.229 e. The Labute approximate surface area is 113 Å². The van der Waals surface area contributed by atoms with Gasteiger partial charge in [0.25, 0.3) is 0 Å². The molecule has 0 fully saturated rings. The minimum atomic E-state index is -0.967. The maximum absolute atomic E-state index is 6.10. The molecular weight excluding hydrogens is 275 g/mol. The molecule has 0 aliphatic carbocycles. The van der Waals surface area contributed by atoms with Crippen LogP contribution in [0.2, 0.25) is 10.0 Å². The van der Waals surface area contributed by atoms with Gasteiger partial charge in [-0.05, 0) is 18.2 Å². The van der Waals surface area contributed by atoms with E-state index < -0.39 is 5.66 Å². The van der Waals surface area contributed by atoms with Gasteiger partial charge in [0.15, 0.2) is 12.2 Å². The first kappa shape index (κ1) is 11.6. The highest BCUT2D eigenvalue weighted by Gasteiger charge is 2.42. The summed E-state index contributed by atoms with van der Waals surface area (Å²) in [7, 11) is 0. The van der Waals surface area contributed by atoms with Crippen molar-refractivity contribution in [2.45, 2.75) is 5.66 Å². The SMILES string of the molecule is Clc1ccc(C2(c3occc3Cl)N=CON2)cc1. The summed E-state index contributed by atoms with van der Waals surface area (Å²) in [6.07, 6.45) is 2.82. The highest BCUT2D eigenvalue weighted by Crippen LogP contribution is 2.38. The Kier molecular flexibility index (Phi) is 2.78. The van der Waals surface area contributed by atoms with Crippen LogP contribution in [0.25, 0.3) is 0 Å². The topological polar surface area (TPSA) is 46.8 Å². The summed E-state index contributed by atoms with van der Waals surface area (Å²) in [4.78, 5) is 9.32. The molecule has 2 heterocycles. The second-order valence-corrected chi connectivity index (χ2v) is 4.61. The second kappa shape index (κ2) is 4.31. The molecule has 1 aliphatic rings. The number of rotatable bonds is 2. The summed E-state index contributed by atoms with van der Waals surface area (Å²) in [6.45, 7) is 0. The fourth-order valence-electron chi connectivity index (χ4n) is 1.86. The van der Waals surface area contributed by atoms with E-state index in [4.69, 9.17) is 32.5 Å². The predicted molar refractivity (Wildman–Crippen MR) is 68.7 cm³/mol. The van der Waals surface area contributed by atoms with E-state index in [0.29, 0.717) is 15.8 Å². The fraction of sp³-hybridized carbons (Fsp3) is 0.0833. The van der Waals surface area contributed by atoms with Gasteiger partial charge < -0.3 is 9.25 Å². The van der Waals surface area contributed by atoms with E-state index in [9.17, 15) is 0 Å². The average molecular weight is 283 g/mol. The zero-order chi connectivity index (χ0) is 12.6. The van der Waals surface area contributed by atoms with Gasteiger partial charge in [0.2, 0.25) is 5.66 Å². The number of hydrogen-bond donors (Lipinski definition) is 1. The van der Waals surface area contributed by atoms with Crippen molar-refractivity contribution >= 4 is 29.6 Å². The number of benzene rings is 1. The van der Waals surface area contributed by atoms with Crippen molar-refractivity contribution < 1.29 is 9.25 Å². The summed E-state index contributed by atoms with van der Waals surface area (Å²) in [6, 6.07) is 8.86. The largest absolute Gasteiger partial charge is 0.463 e. The van der Waals surface area contributed by atoms with Gasteiger partial charge >= 0.3 is 0 Å². The van der Waals surface area contributed by atoms with Crippen LogP contribution in [0.5, 0.6) is 0 Å². The fourth-order valence-corrected chi connectivity index (χ4v) is 2.21. The second-order valence-electron chi connectivity index (χ2n) is 3.77. The van der Waals surface area contributed by atoms with E-state index >= 15 is 0 Å². The molecule has 4 nitrogen and oxygen atoms in total. The van der Waals surface area contributed by atoms with Crippen molar-refractivity contribution in [3.05, 3.63) is 58.0 Å². The quantitative estimate of drug-likeness (QED) is 0.919. The van der Waals surface area contributed by atoms with Gasteiger partial charge in [-0.25, -0.2) is 4.99 Å². The van der Waals surface area contributed by atoms with Crippen LogP contribution < -0.4 is 5.48 Å². The molecule has 6 heteroatoms. The molecule has 1 N–H and O–H groups in total. The van der Waals surface area contributed by atoms with Gasteiger partial charge in [0, 0.05) is 10.6 Å². The first-order valence-electron chi connectivity index (χ1n) is 5.18. The maximum Gasteiger partial charge on any atom is 0.229 e. The molecule has 1 atom stereocenters. The van der Waals surface area contributed by atoms with Crippen molar-refractivity contribution in [1.29, 1.82) is 0 Å². The van der Waals surface area contributed by atoms with E-state index in [-0.39, 0.29) is 0 Å². The maximum atomic E-state index is 6.10. The van der Waals surface area contributed by atoms with Crippen LogP contribution in [0.4, 0.5) is 0 Å². The molecule has 18 heavy (non-hydrogen) atoms. The van der Waals surface area contributed by atoms with Crippen LogP contribution >= 0.6 is 23.2 Å². The lowest BCUT2D eigenvalue weighted by molar-refractivity contribution is 0.132. The average Bonchev–Trinajstić information content (AvgIpc) is 2.99. The van der Waals surface area contributed by atoms with Crippen LogP contribution in [0, 0.1) is 0 Å². The van der Waals surface area contributed by atoms with E-state index in [1.54, 1.807) is 18.2 Å². The third-order valence-corrected chi connectivity index (χ3v) is 3.26. The molecule has 1 aromatic carbocycles. The molecule has 92 valence electrons. The van der Waals surface area contributed by atoms with Crippen LogP contribution in [-0.4, -0.2) is 6.40 Å². The molecule has 3 rings (SSSR count). The van der Waals surface area contributed by atoms with Crippen molar-refractivity contribution in [3.8, 4) is 0 Å². The lowest BCUT2D eigenvalue weighted by Crippen LogP contribution is -2.37. The minimum Gasteiger partial charge on any atom is -0.463 e. The molecule has 0 spiro atoms. The standard InChI is InChI=1S/C12H8Cl2N2O2/c13-9-3-1-8(2-4-9)12(15-7-18-16-12)11-10(14)5-6-17-11/h1-7,16H. The molecule has 0 bridgehead atoms. The Morgan fingerprint density at radius 2 is 1.89 bits per heavy atom. The molecule has 1 unspecified atom stereocenters. The van der Waals surface area contributed by atoms with E-state index in [1.165, 1.54) is 12.7 Å². The Morgan fingerprint density at radius 1 is 1.11 bits per heavy atom. The Morgan fingerprint density at radius 3 is 2.44 bits per heavy atom. The van der Waals surface area contributed by atoms with Crippen LogP contribution in [0.1, 0.15) is 11.3 Å². The summed E-state index contributed by atoms with van der Waals surface area (Å²) in [5.74, 6) is 0.472. The van der Waals surface area contributed by atoms with Crippen molar-refractivity contribution in [1.82, 2.24) is 5.48 Å². The Bertz CT molecular complexity index is 594. The van der Waals surface area contributed by atoms with Crippen molar-refractivity contribution in [2.75, 3.05) is 0 Å². The first-order valence-corrected chi connectivity index (χ1v) is 5.94. The summed E-state index contributed by atoms with van der Waals surface area (Å²) in [5.41, 5.74) is 2.66. The summed E-state index contributed by atoms with van der Waals surface area (Å²) in [5, 5.41) is 1.11. The number of nitrogens with zero attached hydrogens (tertiary/aromatic N) is 1. The van der Waals surface area contributed by atoms with Gasteiger partial charge in [-0.3, -0.25) is 0 Å².